The molecule has 0 aliphatic carbocycles. The van der Waals surface area contributed by atoms with Crippen LogP contribution in [0.4, 0.5) is 15.3 Å². The fourth-order valence-corrected chi connectivity index (χ4v) is 3.81. The van der Waals surface area contributed by atoms with E-state index in [1.807, 2.05) is 30.3 Å². The molecule has 0 bridgehead atoms. The molecule has 2 amide bonds. The predicted octanol–water partition coefficient (Wildman–Crippen LogP) is 6.66. The van der Waals surface area contributed by atoms with Crippen LogP contribution in [0.2, 0.25) is 5.02 Å². The number of aliphatic imine (C=N–C) groups is 1. The van der Waals surface area contributed by atoms with Gasteiger partial charge in [-0.05, 0) is 89.1 Å². The van der Waals surface area contributed by atoms with Gasteiger partial charge in [-0.15, -0.1) is 4.99 Å². The van der Waals surface area contributed by atoms with Crippen molar-refractivity contribution in [2.24, 2.45) is 10.8 Å². The van der Waals surface area contributed by atoms with Gasteiger partial charge in [0, 0.05) is 10.7 Å². The second kappa shape index (κ2) is 15.4. The van der Waals surface area contributed by atoms with Crippen LogP contribution in [0.5, 0.6) is 5.75 Å². The fraction of sp³-hybridized carbons (Fsp3) is 0.303. The number of anilines is 1. The third kappa shape index (κ3) is 11.9. The summed E-state index contributed by atoms with van der Waals surface area (Å²) in [5, 5.41) is 3.53. The summed E-state index contributed by atoms with van der Waals surface area (Å²) < 4.78 is 21.2. The number of amides is 2. The molecule has 3 N–H and O–H groups in total. The molecule has 0 spiro atoms. The molecule has 0 heterocycles. The van der Waals surface area contributed by atoms with E-state index in [0.717, 1.165) is 5.56 Å². The normalized spacial score (nSPS) is 11.7. The fourth-order valence-electron chi connectivity index (χ4n) is 3.58. The van der Waals surface area contributed by atoms with Crippen LogP contribution >= 0.6 is 11.6 Å². The SMILES string of the molecule is CC(C)(C)OC(=O)/N=C(/Nc1ccc(C(=O)Oc2ccc(CC(=O)OCc3ccccc3)c(Cl)c2)cc1)N(N)C(=O)OC(C)(C)C. The number of nitrogens with two attached hydrogens (primary N) is 1. The Balaban J connectivity index is 1.65. The van der Waals surface area contributed by atoms with Gasteiger partial charge in [0.2, 0.25) is 5.96 Å². The number of esters is 2. The molecule has 0 aromatic heterocycles. The van der Waals surface area contributed by atoms with Gasteiger partial charge in [-0.1, -0.05) is 48.0 Å². The van der Waals surface area contributed by atoms with Crippen molar-refractivity contribution in [1.29, 1.82) is 0 Å². The lowest BCUT2D eigenvalue weighted by Gasteiger charge is -2.25. The number of benzene rings is 3. The molecule has 3 rings (SSSR count). The monoisotopic (exact) mass is 652 g/mol. The van der Waals surface area contributed by atoms with Gasteiger partial charge in [-0.2, -0.15) is 5.01 Å². The number of nitrogens with zero attached hydrogens (tertiary/aromatic N) is 2. The zero-order valence-electron chi connectivity index (χ0n) is 26.5. The molecular formula is C33H37ClN4O8. The lowest BCUT2D eigenvalue weighted by Crippen LogP contribution is -2.48. The highest BCUT2D eigenvalue weighted by Crippen LogP contribution is 2.25. The molecule has 0 aliphatic heterocycles. The average molecular weight is 653 g/mol. The third-order valence-electron chi connectivity index (χ3n) is 5.60. The standard InChI is InChI=1S/C33H37ClN4O8/c1-32(2,3)45-30(41)37-29(38(35)31(42)46-33(4,5)6)36-24-15-12-22(13-16-24)28(40)44-25-17-14-23(26(34)19-25)18-27(39)43-20-21-10-8-7-9-11-21/h7-17,19H,18,20,35H2,1-6H3,(H,36,37,41). The number of rotatable bonds is 7. The van der Waals surface area contributed by atoms with Crippen LogP contribution < -0.4 is 15.9 Å². The summed E-state index contributed by atoms with van der Waals surface area (Å²) in [4.78, 5) is 53.8. The van der Waals surface area contributed by atoms with E-state index in [2.05, 4.69) is 10.3 Å². The number of halogens is 1. The summed E-state index contributed by atoms with van der Waals surface area (Å²) in [7, 11) is 0. The van der Waals surface area contributed by atoms with Gasteiger partial charge >= 0.3 is 24.1 Å². The van der Waals surface area contributed by atoms with Crippen LogP contribution in [0, 0.1) is 0 Å². The lowest BCUT2D eigenvalue weighted by molar-refractivity contribution is -0.144. The van der Waals surface area contributed by atoms with Crippen LogP contribution in [0.1, 0.15) is 63.0 Å². The molecular weight excluding hydrogens is 616 g/mol. The number of carbonyl (C=O) groups is 4. The highest BCUT2D eigenvalue weighted by molar-refractivity contribution is 6.31. The summed E-state index contributed by atoms with van der Waals surface area (Å²) in [6, 6.07) is 19.7. The van der Waals surface area contributed by atoms with Crippen molar-refractivity contribution in [2.75, 3.05) is 5.32 Å². The van der Waals surface area contributed by atoms with Crippen molar-refractivity contribution >= 4 is 47.4 Å². The first kappa shape index (κ1) is 35.5. The number of guanidine groups is 1. The van der Waals surface area contributed by atoms with E-state index in [-0.39, 0.29) is 35.3 Å². The van der Waals surface area contributed by atoms with Gasteiger partial charge in [-0.25, -0.2) is 20.2 Å². The van der Waals surface area contributed by atoms with E-state index < -0.39 is 35.3 Å². The zero-order valence-corrected chi connectivity index (χ0v) is 27.2. The first-order chi connectivity index (χ1) is 21.5. The number of ether oxygens (including phenoxy) is 4. The minimum Gasteiger partial charge on any atom is -0.461 e. The molecule has 13 heteroatoms. The molecule has 244 valence electrons. The van der Waals surface area contributed by atoms with Crippen molar-refractivity contribution in [1.82, 2.24) is 5.01 Å². The lowest BCUT2D eigenvalue weighted by atomic mass is 10.1. The Kier molecular flexibility index (Phi) is 11.9. The van der Waals surface area contributed by atoms with Gasteiger partial charge in [0.1, 0.15) is 23.6 Å². The Labute approximate surface area is 272 Å². The number of nitrogens with one attached hydrogen (secondary N) is 1. The zero-order chi connectivity index (χ0) is 34.1. The number of hydrogen-bond acceptors (Lipinski definition) is 9. The van der Waals surface area contributed by atoms with Gasteiger partial charge in [0.05, 0.1) is 12.0 Å². The van der Waals surface area contributed by atoms with Crippen LogP contribution in [0.15, 0.2) is 77.8 Å². The van der Waals surface area contributed by atoms with Crippen LogP contribution in [0.3, 0.4) is 0 Å². The van der Waals surface area contributed by atoms with E-state index >= 15 is 0 Å². The average Bonchev–Trinajstić information content (AvgIpc) is 2.96. The van der Waals surface area contributed by atoms with Crippen molar-refractivity contribution in [3.8, 4) is 5.75 Å². The van der Waals surface area contributed by atoms with E-state index in [4.69, 9.17) is 36.4 Å². The van der Waals surface area contributed by atoms with E-state index in [1.165, 1.54) is 36.4 Å². The molecule has 0 saturated carbocycles. The first-order valence-corrected chi connectivity index (χ1v) is 14.5. The van der Waals surface area contributed by atoms with Crippen molar-refractivity contribution in [3.63, 3.8) is 0 Å². The van der Waals surface area contributed by atoms with Crippen LogP contribution in [0.25, 0.3) is 0 Å². The summed E-state index contributed by atoms with van der Waals surface area (Å²) in [6.45, 7) is 10.1. The van der Waals surface area contributed by atoms with Crippen LogP contribution in [-0.2, 0) is 32.0 Å². The maximum absolute atomic E-state index is 12.8. The highest BCUT2D eigenvalue weighted by atomic mass is 35.5. The third-order valence-corrected chi connectivity index (χ3v) is 5.95. The van der Waals surface area contributed by atoms with Gasteiger partial charge in [0.15, 0.2) is 0 Å². The number of hydrazine groups is 1. The summed E-state index contributed by atoms with van der Waals surface area (Å²) >= 11 is 6.35. The largest absolute Gasteiger partial charge is 0.461 e. The maximum atomic E-state index is 12.8. The first-order valence-electron chi connectivity index (χ1n) is 14.2. The van der Waals surface area contributed by atoms with Crippen molar-refractivity contribution in [2.45, 2.75) is 65.8 Å². The molecule has 3 aromatic rings. The molecule has 46 heavy (non-hydrogen) atoms. The Hall–Kier alpha value is -4.94. The summed E-state index contributed by atoms with van der Waals surface area (Å²) in [5.41, 5.74) is 0.163. The molecule has 12 nitrogen and oxygen atoms in total. The molecule has 0 unspecified atom stereocenters. The predicted molar refractivity (Wildman–Crippen MR) is 172 cm³/mol. The molecule has 3 aromatic carbocycles. The van der Waals surface area contributed by atoms with Crippen LogP contribution in [-0.4, -0.2) is 46.3 Å². The maximum Gasteiger partial charge on any atom is 0.437 e. The molecule has 0 saturated heterocycles. The second-order valence-electron chi connectivity index (χ2n) is 11.9. The Morgan fingerprint density at radius 1 is 0.870 bits per heavy atom. The van der Waals surface area contributed by atoms with E-state index in [0.29, 0.717) is 16.3 Å². The van der Waals surface area contributed by atoms with Gasteiger partial charge in [0.25, 0.3) is 0 Å². The molecule has 0 aliphatic rings. The minimum absolute atomic E-state index is 0.0538. The van der Waals surface area contributed by atoms with E-state index in [1.54, 1.807) is 47.6 Å². The topological polar surface area (TPSA) is 159 Å². The highest BCUT2D eigenvalue weighted by Gasteiger charge is 2.26. The Bertz CT molecular complexity index is 1580. The van der Waals surface area contributed by atoms with E-state index in [9.17, 15) is 19.2 Å². The quantitative estimate of drug-likeness (QED) is 0.0413. The van der Waals surface area contributed by atoms with Gasteiger partial charge in [-0.3, -0.25) is 4.79 Å². The molecule has 0 fully saturated rings. The Morgan fingerprint density at radius 2 is 1.50 bits per heavy atom. The number of carbonyl (C=O) groups excluding carboxylic acids is 4. The summed E-state index contributed by atoms with van der Waals surface area (Å²) in [5.74, 6) is 4.58. The second-order valence-corrected chi connectivity index (χ2v) is 12.3. The van der Waals surface area contributed by atoms with Gasteiger partial charge < -0.3 is 24.3 Å². The number of hydrogen-bond donors (Lipinski definition) is 2. The van der Waals surface area contributed by atoms with Crippen molar-refractivity contribution in [3.05, 3.63) is 94.5 Å². The Morgan fingerprint density at radius 3 is 2.09 bits per heavy atom. The molecule has 0 radical (unpaired) electrons. The summed E-state index contributed by atoms with van der Waals surface area (Å²) in [6.07, 6.45) is -2.03. The smallest absolute Gasteiger partial charge is 0.437 e. The minimum atomic E-state index is -0.997. The van der Waals surface area contributed by atoms with Crippen molar-refractivity contribution < 1.29 is 38.1 Å². The molecule has 0 atom stereocenters.